The van der Waals surface area contributed by atoms with Crippen molar-refractivity contribution in [1.29, 1.82) is 0 Å². The number of nitrogens with one attached hydrogen (secondary N) is 1. The Bertz CT molecular complexity index is 1270. The summed E-state index contributed by atoms with van der Waals surface area (Å²) in [6, 6.07) is 12.1. The molecule has 190 valence electrons. The lowest BCUT2D eigenvalue weighted by atomic mass is 9.99. The van der Waals surface area contributed by atoms with Crippen LogP contribution in [0.25, 0.3) is 0 Å². The monoisotopic (exact) mass is 507 g/mol. The second kappa shape index (κ2) is 11.3. The van der Waals surface area contributed by atoms with Gasteiger partial charge in [0, 0.05) is 12.2 Å². The highest BCUT2D eigenvalue weighted by Gasteiger charge is 2.36. The van der Waals surface area contributed by atoms with Gasteiger partial charge < -0.3 is 16.8 Å². The van der Waals surface area contributed by atoms with Crippen LogP contribution in [0.3, 0.4) is 0 Å². The summed E-state index contributed by atoms with van der Waals surface area (Å²) in [6.45, 7) is 10.4. The first kappa shape index (κ1) is 26.9. The van der Waals surface area contributed by atoms with Crippen molar-refractivity contribution in [3.63, 3.8) is 0 Å². The number of hydrogen-bond donors (Lipinski definition) is 3. The molecule has 3 aromatic rings. The lowest BCUT2D eigenvalue weighted by Gasteiger charge is -2.33. The SMILES string of the molecule is Cc1ccc([C@H](C(=O)NCCC(C)C)N(C(=O)c2snc(C(N)=O)c2N)c2cccc(C)c2C)cc1. The first-order chi connectivity index (χ1) is 17.0. The van der Waals surface area contributed by atoms with E-state index in [0.717, 1.165) is 34.6 Å². The maximum Gasteiger partial charge on any atom is 0.273 e. The van der Waals surface area contributed by atoms with Gasteiger partial charge >= 0.3 is 0 Å². The van der Waals surface area contributed by atoms with Crippen molar-refractivity contribution >= 4 is 40.6 Å². The number of carbonyl (C=O) groups is 3. The molecule has 0 saturated carbocycles. The summed E-state index contributed by atoms with van der Waals surface area (Å²) in [6.07, 6.45) is 0.799. The van der Waals surface area contributed by atoms with Gasteiger partial charge in [-0.15, -0.1) is 0 Å². The highest BCUT2D eigenvalue weighted by atomic mass is 32.1. The molecule has 0 aliphatic rings. The minimum Gasteiger partial charge on any atom is -0.395 e. The summed E-state index contributed by atoms with van der Waals surface area (Å²) in [5.74, 6) is -1.26. The maximum atomic E-state index is 14.1. The van der Waals surface area contributed by atoms with Gasteiger partial charge in [0.25, 0.3) is 11.8 Å². The van der Waals surface area contributed by atoms with Gasteiger partial charge in [0.15, 0.2) is 5.69 Å². The minimum absolute atomic E-state index is 0.0526. The Morgan fingerprint density at radius 1 is 1.06 bits per heavy atom. The topological polar surface area (TPSA) is 131 Å². The van der Waals surface area contributed by atoms with E-state index in [2.05, 4.69) is 23.5 Å². The van der Waals surface area contributed by atoms with E-state index < -0.39 is 17.9 Å². The van der Waals surface area contributed by atoms with Crippen LogP contribution in [-0.2, 0) is 4.79 Å². The number of nitrogens with zero attached hydrogens (tertiary/aromatic N) is 2. The molecule has 36 heavy (non-hydrogen) atoms. The average Bonchev–Trinajstić information content (AvgIpc) is 3.21. The number of aryl methyl sites for hydroxylation is 2. The first-order valence-corrected chi connectivity index (χ1v) is 12.6. The molecule has 8 nitrogen and oxygen atoms in total. The van der Waals surface area contributed by atoms with Crippen LogP contribution >= 0.6 is 11.5 Å². The van der Waals surface area contributed by atoms with Crippen LogP contribution in [0.2, 0.25) is 0 Å². The van der Waals surface area contributed by atoms with E-state index in [1.165, 1.54) is 4.90 Å². The van der Waals surface area contributed by atoms with Gasteiger partial charge in [-0.1, -0.05) is 55.8 Å². The molecule has 1 aromatic heterocycles. The summed E-state index contributed by atoms with van der Waals surface area (Å²) in [4.78, 5) is 41.1. The molecule has 0 aliphatic carbocycles. The molecule has 3 amide bonds. The predicted octanol–water partition coefficient (Wildman–Crippen LogP) is 4.30. The van der Waals surface area contributed by atoms with Crippen molar-refractivity contribution in [3.8, 4) is 0 Å². The molecule has 2 aromatic carbocycles. The third-order valence-electron chi connectivity index (χ3n) is 6.13. The highest BCUT2D eigenvalue weighted by molar-refractivity contribution is 7.09. The molecule has 3 rings (SSSR count). The first-order valence-electron chi connectivity index (χ1n) is 11.8. The second-order valence-electron chi connectivity index (χ2n) is 9.32. The summed E-state index contributed by atoms with van der Waals surface area (Å²) in [7, 11) is 0. The molecule has 9 heteroatoms. The van der Waals surface area contributed by atoms with Gasteiger partial charge in [-0.2, -0.15) is 4.37 Å². The Kier molecular flexibility index (Phi) is 8.47. The van der Waals surface area contributed by atoms with E-state index in [1.54, 1.807) is 6.07 Å². The zero-order chi connectivity index (χ0) is 26.6. The molecule has 1 atom stereocenters. The zero-order valence-corrected chi connectivity index (χ0v) is 22.1. The molecule has 0 saturated heterocycles. The Labute approximate surface area is 215 Å². The van der Waals surface area contributed by atoms with Crippen molar-refractivity contribution in [1.82, 2.24) is 9.69 Å². The normalized spacial score (nSPS) is 11.8. The molecular formula is C27H33N5O3S. The molecule has 0 bridgehead atoms. The van der Waals surface area contributed by atoms with Gasteiger partial charge in [0.2, 0.25) is 5.91 Å². The van der Waals surface area contributed by atoms with Crippen molar-refractivity contribution in [2.75, 3.05) is 17.2 Å². The van der Waals surface area contributed by atoms with E-state index in [-0.39, 0.29) is 22.2 Å². The molecule has 0 unspecified atom stereocenters. The Balaban J connectivity index is 2.21. The maximum absolute atomic E-state index is 14.1. The van der Waals surface area contributed by atoms with Crippen LogP contribution in [0, 0.1) is 26.7 Å². The summed E-state index contributed by atoms with van der Waals surface area (Å²) in [5.41, 5.74) is 15.3. The molecule has 1 heterocycles. The number of nitrogen functional groups attached to an aromatic ring is 1. The van der Waals surface area contributed by atoms with Crippen molar-refractivity contribution in [2.24, 2.45) is 11.7 Å². The fraction of sp³-hybridized carbons (Fsp3) is 0.333. The number of anilines is 2. The van der Waals surface area contributed by atoms with E-state index in [0.29, 0.717) is 23.7 Å². The van der Waals surface area contributed by atoms with Crippen molar-refractivity contribution in [3.05, 3.63) is 75.3 Å². The number of benzene rings is 2. The Hall–Kier alpha value is -3.72. The van der Waals surface area contributed by atoms with Gasteiger partial charge in [0.05, 0.1) is 5.69 Å². The molecule has 0 aliphatic heterocycles. The van der Waals surface area contributed by atoms with Crippen LogP contribution in [-0.4, -0.2) is 28.6 Å². The largest absolute Gasteiger partial charge is 0.395 e. The lowest BCUT2D eigenvalue weighted by molar-refractivity contribution is -0.122. The van der Waals surface area contributed by atoms with Crippen molar-refractivity contribution < 1.29 is 14.4 Å². The molecule has 0 spiro atoms. The van der Waals surface area contributed by atoms with E-state index in [4.69, 9.17) is 11.5 Å². The number of aromatic nitrogens is 1. The number of amides is 3. The fourth-order valence-corrected chi connectivity index (χ4v) is 4.59. The van der Waals surface area contributed by atoms with Gasteiger partial charge in [-0.25, -0.2) is 0 Å². The zero-order valence-electron chi connectivity index (χ0n) is 21.3. The molecule has 0 radical (unpaired) electrons. The summed E-state index contributed by atoms with van der Waals surface area (Å²) >= 11 is 0.795. The lowest BCUT2D eigenvalue weighted by Crippen LogP contribution is -2.44. The number of nitrogens with two attached hydrogens (primary N) is 2. The highest BCUT2D eigenvalue weighted by Crippen LogP contribution is 2.35. The minimum atomic E-state index is -0.982. The van der Waals surface area contributed by atoms with E-state index in [1.807, 2.05) is 57.2 Å². The van der Waals surface area contributed by atoms with Gasteiger partial charge in [0.1, 0.15) is 10.9 Å². The number of primary amides is 1. The van der Waals surface area contributed by atoms with Gasteiger partial charge in [-0.3, -0.25) is 19.3 Å². The van der Waals surface area contributed by atoms with Crippen LogP contribution in [0.4, 0.5) is 11.4 Å². The third-order valence-corrected chi connectivity index (χ3v) is 6.98. The number of hydrogen-bond acceptors (Lipinski definition) is 6. The van der Waals surface area contributed by atoms with E-state index >= 15 is 0 Å². The van der Waals surface area contributed by atoms with Crippen LogP contribution < -0.4 is 21.7 Å². The quantitative estimate of drug-likeness (QED) is 0.397. The second-order valence-corrected chi connectivity index (χ2v) is 10.1. The smallest absolute Gasteiger partial charge is 0.273 e. The standard InChI is InChI=1S/C27H33N5O3S/c1-15(2)13-14-30-26(34)23(19-11-9-16(3)10-12-19)32(20-8-6-7-17(4)18(20)5)27(35)24-21(28)22(25(29)33)31-36-24/h6-12,15,23H,13-14,28H2,1-5H3,(H2,29,33)(H,30,34)/t23-/m1/s1. The number of rotatable bonds is 9. The van der Waals surface area contributed by atoms with Crippen LogP contribution in [0.1, 0.15) is 68.7 Å². The van der Waals surface area contributed by atoms with Gasteiger partial charge in [-0.05, 0) is 67.4 Å². The molecule has 0 fully saturated rings. The summed E-state index contributed by atoms with van der Waals surface area (Å²) < 4.78 is 4.00. The predicted molar refractivity (Wildman–Crippen MR) is 144 cm³/mol. The average molecular weight is 508 g/mol. The number of carbonyl (C=O) groups excluding carboxylic acids is 3. The molecular weight excluding hydrogens is 474 g/mol. The molecule has 5 N–H and O–H groups in total. The van der Waals surface area contributed by atoms with Crippen LogP contribution in [0.15, 0.2) is 42.5 Å². The third kappa shape index (κ3) is 5.73. The Morgan fingerprint density at radius 2 is 1.72 bits per heavy atom. The van der Waals surface area contributed by atoms with Crippen LogP contribution in [0.5, 0.6) is 0 Å². The summed E-state index contributed by atoms with van der Waals surface area (Å²) in [5, 5.41) is 3.01. The van der Waals surface area contributed by atoms with Crippen molar-refractivity contribution in [2.45, 2.75) is 47.1 Å². The van der Waals surface area contributed by atoms with E-state index in [9.17, 15) is 14.4 Å². The Morgan fingerprint density at radius 3 is 2.31 bits per heavy atom. The fourth-order valence-electron chi connectivity index (χ4n) is 3.85.